The highest BCUT2D eigenvalue weighted by Gasteiger charge is 2.26. The van der Waals surface area contributed by atoms with Crippen LogP contribution in [-0.2, 0) is 17.6 Å². The Kier molecular flexibility index (Phi) is 7.17. The van der Waals surface area contributed by atoms with Gasteiger partial charge >= 0.3 is 0 Å². The second-order valence-electron chi connectivity index (χ2n) is 7.47. The molecule has 1 aromatic heterocycles. The van der Waals surface area contributed by atoms with Crippen LogP contribution in [0, 0.1) is 0 Å². The van der Waals surface area contributed by atoms with E-state index in [1.165, 1.54) is 11.8 Å². The molecule has 1 unspecified atom stereocenters. The Labute approximate surface area is 196 Å². The summed E-state index contributed by atoms with van der Waals surface area (Å²) < 4.78 is 11.2. The lowest BCUT2D eigenvalue weighted by Gasteiger charge is -2.12. The van der Waals surface area contributed by atoms with Crippen molar-refractivity contribution in [3.05, 3.63) is 64.8 Å². The van der Waals surface area contributed by atoms with Crippen molar-refractivity contribution in [2.45, 2.75) is 30.5 Å². The minimum absolute atomic E-state index is 0.00950. The molecule has 1 amide bonds. The first-order valence-electron chi connectivity index (χ1n) is 10.3. The van der Waals surface area contributed by atoms with Gasteiger partial charge in [0, 0.05) is 30.2 Å². The van der Waals surface area contributed by atoms with Crippen LogP contribution in [0.1, 0.15) is 17.5 Å². The summed E-state index contributed by atoms with van der Waals surface area (Å²) in [5.74, 6) is 1.47. The van der Waals surface area contributed by atoms with Crippen molar-refractivity contribution < 1.29 is 14.3 Å². The fraction of sp³-hybridized carbons (Fsp3) is 0.292. The first-order valence-corrected chi connectivity index (χ1v) is 11.9. The maximum absolute atomic E-state index is 12.3. The number of hydrogen-bond acceptors (Lipinski definition) is 6. The number of carbonyl (C=O) groups excluding carboxylic acids is 1. The third kappa shape index (κ3) is 5.34. The molecule has 2 heterocycles. The summed E-state index contributed by atoms with van der Waals surface area (Å²) in [5.41, 5.74) is 3.84. The molecule has 8 heteroatoms. The lowest BCUT2D eigenvalue weighted by atomic mass is 10.0. The monoisotopic (exact) mass is 469 g/mol. The number of aryl methyl sites for hydroxylation is 1. The van der Waals surface area contributed by atoms with Gasteiger partial charge in [0.05, 0.1) is 24.4 Å². The smallest absolute Gasteiger partial charge is 0.220 e. The number of rotatable bonds is 8. The molecular formula is C24H24ClN3O3S. The Hall–Kier alpha value is -2.77. The fourth-order valence-corrected chi connectivity index (χ4v) is 4.29. The van der Waals surface area contributed by atoms with E-state index in [4.69, 9.17) is 21.1 Å². The van der Waals surface area contributed by atoms with Crippen LogP contribution < -0.4 is 14.8 Å². The molecule has 0 aliphatic carbocycles. The summed E-state index contributed by atoms with van der Waals surface area (Å²) in [4.78, 5) is 21.1. The number of methoxy groups -OCH3 is 1. The highest BCUT2D eigenvalue weighted by Crippen LogP contribution is 2.39. The number of benzene rings is 2. The zero-order valence-corrected chi connectivity index (χ0v) is 19.5. The van der Waals surface area contributed by atoms with E-state index in [9.17, 15) is 4.79 Å². The van der Waals surface area contributed by atoms with Crippen molar-refractivity contribution in [3.8, 4) is 22.8 Å². The molecule has 1 aliphatic rings. The number of nitrogens with one attached hydrogen (secondary N) is 1. The lowest BCUT2D eigenvalue weighted by Crippen LogP contribution is -2.34. The Balaban J connectivity index is 1.33. The van der Waals surface area contributed by atoms with Gasteiger partial charge in [-0.2, -0.15) is 0 Å². The van der Waals surface area contributed by atoms with E-state index in [1.54, 1.807) is 13.3 Å². The second-order valence-corrected chi connectivity index (χ2v) is 8.66. The van der Waals surface area contributed by atoms with Crippen LogP contribution in [0.25, 0.3) is 11.3 Å². The summed E-state index contributed by atoms with van der Waals surface area (Å²) in [5, 5.41) is 4.24. The van der Waals surface area contributed by atoms with Gasteiger partial charge < -0.3 is 14.8 Å². The van der Waals surface area contributed by atoms with E-state index < -0.39 is 0 Å². The standard InChI is InChI=1S/C24H24ClN3O3S/c1-30-18-5-3-4-15(10-18)6-7-22(29)27-14-19-12-17-11-16(13-20(25)23(17)31-19)21-8-9-26-24(28-21)32-2/h3-5,8-11,13,19H,6-7,12,14H2,1-2H3,(H,27,29). The average Bonchev–Trinajstić information content (AvgIpc) is 3.25. The minimum Gasteiger partial charge on any atom is -0.497 e. The van der Waals surface area contributed by atoms with Crippen LogP contribution >= 0.6 is 23.4 Å². The fourth-order valence-electron chi connectivity index (χ4n) is 3.65. The lowest BCUT2D eigenvalue weighted by molar-refractivity contribution is -0.121. The molecule has 0 spiro atoms. The molecule has 0 radical (unpaired) electrons. The molecule has 1 aliphatic heterocycles. The van der Waals surface area contributed by atoms with Gasteiger partial charge in [-0.25, -0.2) is 9.97 Å². The topological polar surface area (TPSA) is 73.3 Å². The van der Waals surface area contributed by atoms with E-state index in [0.29, 0.717) is 41.7 Å². The second kappa shape index (κ2) is 10.2. The van der Waals surface area contributed by atoms with E-state index >= 15 is 0 Å². The van der Waals surface area contributed by atoms with Gasteiger partial charge in [-0.1, -0.05) is 35.5 Å². The largest absolute Gasteiger partial charge is 0.497 e. The quantitative estimate of drug-likeness (QED) is 0.384. The Morgan fingerprint density at radius 1 is 1.31 bits per heavy atom. The van der Waals surface area contributed by atoms with E-state index in [0.717, 1.165) is 28.1 Å². The molecule has 32 heavy (non-hydrogen) atoms. The van der Waals surface area contributed by atoms with E-state index in [1.807, 2.05) is 42.7 Å². The third-order valence-electron chi connectivity index (χ3n) is 5.27. The van der Waals surface area contributed by atoms with Crippen LogP contribution in [0.5, 0.6) is 11.5 Å². The summed E-state index contributed by atoms with van der Waals surface area (Å²) in [6.45, 7) is 0.432. The number of amides is 1. The Morgan fingerprint density at radius 3 is 3.00 bits per heavy atom. The predicted molar refractivity (Wildman–Crippen MR) is 127 cm³/mol. The van der Waals surface area contributed by atoms with E-state index in [2.05, 4.69) is 21.4 Å². The summed E-state index contributed by atoms with van der Waals surface area (Å²) in [6.07, 6.45) is 5.28. The molecular weight excluding hydrogens is 446 g/mol. The first kappa shape index (κ1) is 22.4. The molecule has 0 saturated carbocycles. The zero-order valence-electron chi connectivity index (χ0n) is 17.9. The third-order valence-corrected chi connectivity index (χ3v) is 6.11. The van der Waals surface area contributed by atoms with Crippen LogP contribution in [-0.4, -0.2) is 41.9 Å². The Morgan fingerprint density at radius 2 is 2.19 bits per heavy atom. The average molecular weight is 470 g/mol. The number of nitrogens with zero attached hydrogens (tertiary/aromatic N) is 2. The predicted octanol–water partition coefficient (Wildman–Crippen LogP) is 4.58. The summed E-state index contributed by atoms with van der Waals surface area (Å²) in [7, 11) is 1.63. The molecule has 0 saturated heterocycles. The van der Waals surface area contributed by atoms with Gasteiger partial charge in [-0.05, 0) is 48.6 Å². The number of carbonyl (C=O) groups is 1. The molecule has 1 N–H and O–H groups in total. The normalized spacial score (nSPS) is 14.5. The molecule has 0 bridgehead atoms. The van der Waals surface area contributed by atoms with Crippen molar-refractivity contribution in [3.63, 3.8) is 0 Å². The van der Waals surface area contributed by atoms with Gasteiger partial charge in [-0.3, -0.25) is 4.79 Å². The molecule has 166 valence electrons. The molecule has 4 rings (SSSR count). The maximum Gasteiger partial charge on any atom is 0.220 e. The Bertz CT molecular complexity index is 1130. The van der Waals surface area contributed by atoms with Crippen molar-refractivity contribution in [1.29, 1.82) is 0 Å². The van der Waals surface area contributed by atoms with Crippen LogP contribution in [0.4, 0.5) is 0 Å². The number of fused-ring (bicyclic) bond motifs is 1. The first-order chi connectivity index (χ1) is 15.6. The SMILES string of the molecule is COc1cccc(CCC(=O)NCC2Cc3cc(-c4ccnc(SC)n4)cc(Cl)c3O2)c1. The minimum atomic E-state index is -0.148. The van der Waals surface area contributed by atoms with Crippen molar-refractivity contribution in [2.75, 3.05) is 19.9 Å². The maximum atomic E-state index is 12.3. The highest BCUT2D eigenvalue weighted by atomic mass is 35.5. The molecule has 6 nitrogen and oxygen atoms in total. The molecule has 1 atom stereocenters. The zero-order chi connectivity index (χ0) is 22.5. The van der Waals surface area contributed by atoms with Crippen LogP contribution in [0.3, 0.4) is 0 Å². The van der Waals surface area contributed by atoms with E-state index in [-0.39, 0.29) is 12.0 Å². The highest BCUT2D eigenvalue weighted by molar-refractivity contribution is 7.98. The van der Waals surface area contributed by atoms with Gasteiger partial charge in [0.25, 0.3) is 0 Å². The number of thioether (sulfide) groups is 1. The molecule has 3 aromatic rings. The van der Waals surface area contributed by atoms with Gasteiger partial charge in [0.15, 0.2) is 5.16 Å². The number of hydrogen-bond donors (Lipinski definition) is 1. The number of halogens is 1. The van der Waals surface area contributed by atoms with Crippen molar-refractivity contribution >= 4 is 29.3 Å². The molecule has 2 aromatic carbocycles. The van der Waals surface area contributed by atoms with Gasteiger partial charge in [0.1, 0.15) is 17.6 Å². The molecule has 0 fully saturated rings. The summed E-state index contributed by atoms with van der Waals surface area (Å²) in [6, 6.07) is 13.5. The number of aromatic nitrogens is 2. The van der Waals surface area contributed by atoms with Gasteiger partial charge in [-0.15, -0.1) is 0 Å². The van der Waals surface area contributed by atoms with Gasteiger partial charge in [0.2, 0.25) is 5.91 Å². The summed E-state index contributed by atoms with van der Waals surface area (Å²) >= 11 is 7.99. The number of ether oxygens (including phenoxy) is 2. The van der Waals surface area contributed by atoms with Crippen molar-refractivity contribution in [2.24, 2.45) is 0 Å². The van der Waals surface area contributed by atoms with Crippen LogP contribution in [0.2, 0.25) is 5.02 Å². The van der Waals surface area contributed by atoms with Crippen molar-refractivity contribution in [1.82, 2.24) is 15.3 Å². The van der Waals surface area contributed by atoms with Crippen LogP contribution in [0.15, 0.2) is 53.8 Å².